The molecule has 0 fully saturated rings. The second-order valence-electron chi connectivity index (χ2n) is 5.05. The predicted molar refractivity (Wildman–Crippen MR) is 86.1 cm³/mol. The molecule has 0 amide bonds. The van der Waals surface area contributed by atoms with E-state index in [-0.39, 0.29) is 0 Å². The second kappa shape index (κ2) is 6.16. The van der Waals surface area contributed by atoms with E-state index in [1.807, 2.05) is 6.07 Å². The van der Waals surface area contributed by atoms with Crippen LogP contribution >= 0.6 is 11.3 Å². The van der Waals surface area contributed by atoms with E-state index in [2.05, 4.69) is 65.8 Å². The Morgan fingerprint density at radius 3 is 2.60 bits per heavy atom. The summed E-state index contributed by atoms with van der Waals surface area (Å²) in [6.45, 7) is 3.06. The third-order valence-electron chi connectivity index (χ3n) is 3.32. The monoisotopic (exact) mass is 282 g/mol. The number of nitrogens with one attached hydrogen (secondary N) is 1. The number of benzene rings is 2. The van der Waals surface area contributed by atoms with E-state index < -0.39 is 0 Å². The summed E-state index contributed by atoms with van der Waals surface area (Å²) in [6.07, 6.45) is 1.05. The molecule has 0 aliphatic heterocycles. The fourth-order valence-corrected chi connectivity index (χ4v) is 3.22. The fourth-order valence-electron chi connectivity index (χ4n) is 2.30. The summed E-state index contributed by atoms with van der Waals surface area (Å²) < 4.78 is 1.26. The largest absolute Gasteiger partial charge is 0.308 e. The summed E-state index contributed by atoms with van der Waals surface area (Å²) in [7, 11) is 0. The number of hydrogen-bond donors (Lipinski definition) is 1. The summed E-state index contributed by atoms with van der Waals surface area (Å²) in [5, 5.41) is 4.71. The summed E-state index contributed by atoms with van der Waals surface area (Å²) in [4.78, 5) is 4.65. The van der Waals surface area contributed by atoms with E-state index in [1.165, 1.54) is 10.3 Å². The number of rotatable bonds is 5. The molecular weight excluding hydrogens is 264 g/mol. The zero-order chi connectivity index (χ0) is 13.8. The predicted octanol–water partition coefficient (Wildman–Crippen LogP) is 4.02. The van der Waals surface area contributed by atoms with Gasteiger partial charge in [-0.3, -0.25) is 0 Å². The lowest BCUT2D eigenvalue weighted by Gasteiger charge is -2.12. The first-order valence-electron chi connectivity index (χ1n) is 6.93. The maximum absolute atomic E-state index is 4.65. The Morgan fingerprint density at radius 1 is 1.05 bits per heavy atom. The molecule has 1 aromatic heterocycles. The highest BCUT2D eigenvalue weighted by Crippen LogP contribution is 2.21. The van der Waals surface area contributed by atoms with Gasteiger partial charge in [0.25, 0.3) is 0 Å². The van der Waals surface area contributed by atoms with E-state index in [1.54, 1.807) is 11.3 Å². The van der Waals surface area contributed by atoms with Crippen molar-refractivity contribution < 1.29 is 0 Å². The van der Waals surface area contributed by atoms with Gasteiger partial charge in [-0.15, -0.1) is 11.3 Å². The highest BCUT2D eigenvalue weighted by Gasteiger charge is 2.06. The third-order valence-corrected chi connectivity index (χ3v) is 4.36. The van der Waals surface area contributed by atoms with Crippen LogP contribution in [0, 0.1) is 0 Å². The SMILES string of the molecule is CC(Cc1ccccc1)NCc1nc2ccccc2s1. The Hall–Kier alpha value is -1.71. The number of thiazole rings is 1. The van der Waals surface area contributed by atoms with Crippen LogP contribution < -0.4 is 5.32 Å². The summed E-state index contributed by atoms with van der Waals surface area (Å²) in [5.74, 6) is 0. The van der Waals surface area contributed by atoms with Gasteiger partial charge in [0.15, 0.2) is 0 Å². The molecule has 2 aromatic carbocycles. The summed E-state index contributed by atoms with van der Waals surface area (Å²) >= 11 is 1.77. The molecule has 3 rings (SSSR count). The molecule has 1 N–H and O–H groups in total. The lowest BCUT2D eigenvalue weighted by Crippen LogP contribution is -2.27. The lowest BCUT2D eigenvalue weighted by atomic mass is 10.1. The molecule has 1 atom stereocenters. The number of hydrogen-bond acceptors (Lipinski definition) is 3. The van der Waals surface area contributed by atoms with E-state index in [4.69, 9.17) is 0 Å². The van der Waals surface area contributed by atoms with Crippen LogP contribution in [0.15, 0.2) is 54.6 Å². The number of para-hydroxylation sites is 1. The van der Waals surface area contributed by atoms with Crippen LogP contribution in [0.2, 0.25) is 0 Å². The van der Waals surface area contributed by atoms with E-state index in [0.29, 0.717) is 6.04 Å². The molecule has 0 aliphatic rings. The Bertz CT molecular complexity index is 643. The molecule has 0 saturated carbocycles. The highest BCUT2D eigenvalue weighted by molar-refractivity contribution is 7.18. The molecule has 0 aliphatic carbocycles. The number of fused-ring (bicyclic) bond motifs is 1. The summed E-state index contributed by atoms with van der Waals surface area (Å²) in [6, 6.07) is 19.4. The van der Waals surface area contributed by atoms with E-state index >= 15 is 0 Å². The molecule has 3 heteroatoms. The average molecular weight is 282 g/mol. The van der Waals surface area contributed by atoms with E-state index in [0.717, 1.165) is 23.5 Å². The molecular formula is C17H18N2S. The molecule has 1 unspecified atom stereocenters. The van der Waals surface area contributed by atoms with Crippen molar-refractivity contribution in [1.82, 2.24) is 10.3 Å². The van der Waals surface area contributed by atoms with Crippen LogP contribution in [0.1, 0.15) is 17.5 Å². The molecule has 0 radical (unpaired) electrons. The molecule has 102 valence electrons. The van der Waals surface area contributed by atoms with Crippen molar-refractivity contribution in [2.75, 3.05) is 0 Å². The molecule has 0 saturated heterocycles. The quantitative estimate of drug-likeness (QED) is 0.764. The van der Waals surface area contributed by atoms with Crippen molar-refractivity contribution >= 4 is 21.6 Å². The molecule has 2 nitrogen and oxygen atoms in total. The molecule has 1 heterocycles. The van der Waals surface area contributed by atoms with Gasteiger partial charge in [-0.1, -0.05) is 42.5 Å². The molecule has 0 spiro atoms. The molecule has 20 heavy (non-hydrogen) atoms. The smallest absolute Gasteiger partial charge is 0.108 e. The number of aromatic nitrogens is 1. The van der Waals surface area contributed by atoms with Gasteiger partial charge >= 0.3 is 0 Å². The van der Waals surface area contributed by atoms with Crippen molar-refractivity contribution in [2.24, 2.45) is 0 Å². The van der Waals surface area contributed by atoms with Gasteiger partial charge in [0.1, 0.15) is 5.01 Å². The Balaban J connectivity index is 1.58. The standard InChI is InChI=1S/C17H18N2S/c1-13(11-14-7-3-2-4-8-14)18-12-17-19-15-9-5-6-10-16(15)20-17/h2-10,13,18H,11-12H2,1H3. The summed E-state index contributed by atoms with van der Waals surface area (Å²) in [5.41, 5.74) is 2.47. The Kier molecular flexibility index (Phi) is 4.09. The third kappa shape index (κ3) is 3.24. The fraction of sp³-hybridized carbons (Fsp3) is 0.235. The van der Waals surface area contributed by atoms with Crippen molar-refractivity contribution in [1.29, 1.82) is 0 Å². The van der Waals surface area contributed by atoms with Crippen molar-refractivity contribution in [2.45, 2.75) is 25.9 Å². The minimum Gasteiger partial charge on any atom is -0.308 e. The lowest BCUT2D eigenvalue weighted by molar-refractivity contribution is 0.545. The molecule has 0 bridgehead atoms. The van der Waals surface area contributed by atoms with Gasteiger partial charge in [-0.2, -0.15) is 0 Å². The average Bonchev–Trinajstić information content (AvgIpc) is 2.89. The number of nitrogens with zero attached hydrogens (tertiary/aromatic N) is 1. The van der Waals surface area contributed by atoms with Gasteiger partial charge in [0, 0.05) is 12.6 Å². The van der Waals surface area contributed by atoms with Gasteiger partial charge in [-0.05, 0) is 31.0 Å². The van der Waals surface area contributed by atoms with Crippen LogP contribution in [-0.4, -0.2) is 11.0 Å². The second-order valence-corrected chi connectivity index (χ2v) is 6.16. The van der Waals surface area contributed by atoms with Gasteiger partial charge in [0.2, 0.25) is 0 Å². The van der Waals surface area contributed by atoms with E-state index in [9.17, 15) is 0 Å². The zero-order valence-corrected chi connectivity index (χ0v) is 12.4. The maximum atomic E-state index is 4.65. The van der Waals surface area contributed by atoms with Crippen LogP contribution in [0.3, 0.4) is 0 Å². The zero-order valence-electron chi connectivity index (χ0n) is 11.5. The Labute approximate surface area is 123 Å². The first kappa shape index (κ1) is 13.3. The van der Waals surface area contributed by atoms with Crippen molar-refractivity contribution in [3.05, 3.63) is 65.2 Å². The van der Waals surface area contributed by atoms with Crippen LogP contribution in [0.5, 0.6) is 0 Å². The van der Waals surface area contributed by atoms with Gasteiger partial charge < -0.3 is 5.32 Å². The van der Waals surface area contributed by atoms with Gasteiger partial charge in [0.05, 0.1) is 10.2 Å². The van der Waals surface area contributed by atoms with Crippen molar-refractivity contribution in [3.63, 3.8) is 0 Å². The maximum Gasteiger partial charge on any atom is 0.108 e. The van der Waals surface area contributed by atoms with Crippen molar-refractivity contribution in [3.8, 4) is 0 Å². The van der Waals surface area contributed by atoms with Crippen LogP contribution in [0.25, 0.3) is 10.2 Å². The first-order valence-corrected chi connectivity index (χ1v) is 7.74. The van der Waals surface area contributed by atoms with Gasteiger partial charge in [-0.25, -0.2) is 4.98 Å². The minimum absolute atomic E-state index is 0.449. The highest BCUT2D eigenvalue weighted by atomic mass is 32.1. The molecule has 3 aromatic rings. The van der Waals surface area contributed by atoms with Crippen LogP contribution in [0.4, 0.5) is 0 Å². The Morgan fingerprint density at radius 2 is 1.80 bits per heavy atom. The van der Waals surface area contributed by atoms with Crippen LogP contribution in [-0.2, 0) is 13.0 Å². The minimum atomic E-state index is 0.449. The topological polar surface area (TPSA) is 24.9 Å². The first-order chi connectivity index (χ1) is 9.81. The normalized spacial score (nSPS) is 12.7.